The van der Waals surface area contributed by atoms with Gasteiger partial charge < -0.3 is 16.0 Å². The van der Waals surface area contributed by atoms with Crippen LogP contribution < -0.4 is 16.0 Å². The average molecular weight is 388 g/mol. The van der Waals surface area contributed by atoms with Gasteiger partial charge in [0, 0.05) is 32.7 Å². The van der Waals surface area contributed by atoms with Crippen LogP contribution in [0.1, 0.15) is 15.9 Å². The molecule has 3 N–H and O–H groups in total. The maximum atomic E-state index is 11.5. The molecule has 0 unspecified atom stereocenters. The lowest BCUT2D eigenvalue weighted by atomic mass is 10.1. The van der Waals surface area contributed by atoms with Crippen molar-refractivity contribution in [3.8, 4) is 0 Å². The molecule has 1 aromatic rings. The molecule has 0 saturated heterocycles. The van der Waals surface area contributed by atoms with Crippen LogP contribution in [0.15, 0.2) is 41.9 Å². The summed E-state index contributed by atoms with van der Waals surface area (Å²) in [5.74, 6) is 0.612. The van der Waals surface area contributed by atoms with Crippen LogP contribution >= 0.6 is 24.0 Å². The first-order valence-electron chi connectivity index (χ1n) is 6.07. The number of benzene rings is 1. The second-order valence-corrected chi connectivity index (χ2v) is 3.87. The van der Waals surface area contributed by atoms with E-state index in [0.29, 0.717) is 24.6 Å². The van der Waals surface area contributed by atoms with E-state index in [1.807, 2.05) is 18.2 Å². The minimum absolute atomic E-state index is 0. The van der Waals surface area contributed by atoms with Gasteiger partial charge in [-0.05, 0) is 17.7 Å². The molecule has 1 rings (SSSR count). The molecular weight excluding hydrogens is 367 g/mol. The molecule has 0 aliphatic carbocycles. The molecule has 1 amide bonds. The molecule has 1 aromatic carbocycles. The SMILES string of the molecule is C=CCNC(=NC)NCc1cccc(C(=O)NC)c1.I. The molecule has 0 saturated carbocycles. The zero-order chi connectivity index (χ0) is 14.1. The van der Waals surface area contributed by atoms with Crippen molar-refractivity contribution in [1.82, 2.24) is 16.0 Å². The number of nitrogens with one attached hydrogen (secondary N) is 3. The maximum Gasteiger partial charge on any atom is 0.251 e. The van der Waals surface area contributed by atoms with Crippen molar-refractivity contribution >= 4 is 35.8 Å². The van der Waals surface area contributed by atoms with Crippen LogP contribution in [0.4, 0.5) is 0 Å². The number of hydrogen-bond acceptors (Lipinski definition) is 2. The molecule has 5 nitrogen and oxygen atoms in total. The van der Waals surface area contributed by atoms with E-state index in [-0.39, 0.29) is 29.9 Å². The second kappa shape index (κ2) is 10.2. The van der Waals surface area contributed by atoms with Crippen molar-refractivity contribution in [3.05, 3.63) is 48.0 Å². The van der Waals surface area contributed by atoms with Gasteiger partial charge in [0.25, 0.3) is 5.91 Å². The summed E-state index contributed by atoms with van der Waals surface area (Å²) in [7, 11) is 3.33. The molecule has 0 aromatic heterocycles. The quantitative estimate of drug-likeness (QED) is 0.310. The third kappa shape index (κ3) is 6.05. The van der Waals surface area contributed by atoms with Gasteiger partial charge in [-0.2, -0.15) is 0 Å². The van der Waals surface area contributed by atoms with E-state index in [1.165, 1.54) is 0 Å². The first-order valence-corrected chi connectivity index (χ1v) is 6.07. The van der Waals surface area contributed by atoms with Crippen molar-refractivity contribution in [2.75, 3.05) is 20.6 Å². The van der Waals surface area contributed by atoms with Gasteiger partial charge in [0.15, 0.2) is 5.96 Å². The van der Waals surface area contributed by atoms with Crippen LogP contribution in [0, 0.1) is 0 Å². The molecule has 0 atom stereocenters. The number of hydrogen-bond donors (Lipinski definition) is 3. The molecule has 0 aliphatic rings. The van der Waals surface area contributed by atoms with Crippen molar-refractivity contribution in [1.29, 1.82) is 0 Å². The Bertz CT molecular complexity index is 474. The van der Waals surface area contributed by atoms with E-state index in [4.69, 9.17) is 0 Å². The third-order valence-electron chi connectivity index (χ3n) is 2.51. The zero-order valence-corrected chi connectivity index (χ0v) is 14.1. The largest absolute Gasteiger partial charge is 0.355 e. The molecule has 0 aliphatic heterocycles. The smallest absolute Gasteiger partial charge is 0.251 e. The summed E-state index contributed by atoms with van der Waals surface area (Å²) < 4.78 is 0. The maximum absolute atomic E-state index is 11.5. The van der Waals surface area contributed by atoms with Crippen LogP contribution in [0.2, 0.25) is 0 Å². The summed E-state index contributed by atoms with van der Waals surface area (Å²) in [5.41, 5.74) is 1.67. The number of guanidine groups is 1. The monoisotopic (exact) mass is 388 g/mol. The Balaban J connectivity index is 0.00000361. The van der Waals surface area contributed by atoms with Gasteiger partial charge in [-0.1, -0.05) is 18.2 Å². The van der Waals surface area contributed by atoms with Crippen molar-refractivity contribution in [2.45, 2.75) is 6.54 Å². The summed E-state index contributed by atoms with van der Waals surface area (Å²) >= 11 is 0. The predicted molar refractivity (Wildman–Crippen MR) is 93.6 cm³/mol. The third-order valence-corrected chi connectivity index (χ3v) is 2.51. The summed E-state index contributed by atoms with van der Waals surface area (Å²) in [4.78, 5) is 15.6. The molecule has 0 heterocycles. The Hall–Kier alpha value is -1.57. The minimum atomic E-state index is -0.0870. The second-order valence-electron chi connectivity index (χ2n) is 3.87. The highest BCUT2D eigenvalue weighted by Gasteiger charge is 2.03. The van der Waals surface area contributed by atoms with Crippen LogP contribution in [0.5, 0.6) is 0 Å². The fraction of sp³-hybridized carbons (Fsp3) is 0.286. The lowest BCUT2D eigenvalue weighted by Gasteiger charge is -2.11. The van der Waals surface area contributed by atoms with E-state index < -0.39 is 0 Å². The summed E-state index contributed by atoms with van der Waals surface area (Å²) in [6, 6.07) is 7.46. The standard InChI is InChI=1S/C14H20N4O.HI/c1-4-8-17-14(16-3)18-10-11-6-5-7-12(9-11)13(19)15-2;/h4-7,9H,1,8,10H2,2-3H3,(H,15,19)(H2,16,17,18);1H. The molecule has 0 bridgehead atoms. The summed E-state index contributed by atoms with van der Waals surface area (Å²) in [6.07, 6.45) is 1.76. The fourth-order valence-corrected chi connectivity index (χ4v) is 1.54. The number of nitrogens with zero attached hydrogens (tertiary/aromatic N) is 1. The highest BCUT2D eigenvalue weighted by Crippen LogP contribution is 2.04. The van der Waals surface area contributed by atoms with Crippen molar-refractivity contribution < 1.29 is 4.79 Å². The highest BCUT2D eigenvalue weighted by atomic mass is 127. The molecule has 0 fully saturated rings. The van der Waals surface area contributed by atoms with Gasteiger partial charge in [-0.15, -0.1) is 30.6 Å². The van der Waals surface area contributed by atoms with Gasteiger partial charge in [0.2, 0.25) is 0 Å². The van der Waals surface area contributed by atoms with Gasteiger partial charge in [0.1, 0.15) is 0 Å². The molecular formula is C14H21IN4O. The van der Waals surface area contributed by atoms with Crippen molar-refractivity contribution in [2.24, 2.45) is 4.99 Å². The number of carbonyl (C=O) groups excluding carboxylic acids is 1. The number of aliphatic imine (C=N–C) groups is 1. The first-order chi connectivity index (χ1) is 9.21. The Morgan fingerprint density at radius 3 is 2.75 bits per heavy atom. The molecule has 6 heteroatoms. The molecule has 0 spiro atoms. The lowest BCUT2D eigenvalue weighted by molar-refractivity contribution is 0.0963. The van der Waals surface area contributed by atoms with Gasteiger partial charge >= 0.3 is 0 Å². The van der Waals surface area contributed by atoms with E-state index in [0.717, 1.165) is 5.56 Å². The molecule has 110 valence electrons. The van der Waals surface area contributed by atoms with Crippen LogP contribution in [0.3, 0.4) is 0 Å². The topological polar surface area (TPSA) is 65.5 Å². The van der Waals surface area contributed by atoms with E-state index >= 15 is 0 Å². The van der Waals surface area contributed by atoms with Gasteiger partial charge in [0.05, 0.1) is 0 Å². The van der Waals surface area contributed by atoms with E-state index in [9.17, 15) is 4.79 Å². The summed E-state index contributed by atoms with van der Waals surface area (Å²) in [5, 5.41) is 8.85. The lowest BCUT2D eigenvalue weighted by Crippen LogP contribution is -2.36. The van der Waals surface area contributed by atoms with E-state index in [2.05, 4.69) is 27.5 Å². The fourth-order valence-electron chi connectivity index (χ4n) is 1.54. The van der Waals surface area contributed by atoms with Crippen LogP contribution in [-0.2, 0) is 6.54 Å². The van der Waals surface area contributed by atoms with Gasteiger partial charge in [-0.25, -0.2) is 0 Å². The Kier molecular flexibility index (Phi) is 9.44. The Morgan fingerprint density at radius 1 is 1.40 bits per heavy atom. The summed E-state index contributed by atoms with van der Waals surface area (Å²) in [6.45, 7) is 4.89. The van der Waals surface area contributed by atoms with Crippen LogP contribution in [0.25, 0.3) is 0 Å². The zero-order valence-electron chi connectivity index (χ0n) is 11.8. The number of amides is 1. The van der Waals surface area contributed by atoms with E-state index in [1.54, 1.807) is 26.2 Å². The number of rotatable bonds is 5. The Morgan fingerprint density at radius 2 is 2.15 bits per heavy atom. The normalized spacial score (nSPS) is 10.2. The highest BCUT2D eigenvalue weighted by molar-refractivity contribution is 14.0. The minimum Gasteiger partial charge on any atom is -0.355 e. The predicted octanol–water partition coefficient (Wildman–Crippen LogP) is 1.52. The van der Waals surface area contributed by atoms with Crippen molar-refractivity contribution in [3.63, 3.8) is 0 Å². The Labute approximate surface area is 137 Å². The molecule has 20 heavy (non-hydrogen) atoms. The van der Waals surface area contributed by atoms with Crippen LogP contribution in [-0.4, -0.2) is 32.5 Å². The number of carbonyl (C=O) groups is 1. The first kappa shape index (κ1) is 18.4. The van der Waals surface area contributed by atoms with Gasteiger partial charge in [-0.3, -0.25) is 9.79 Å². The molecule has 0 radical (unpaired) electrons. The average Bonchev–Trinajstić information content (AvgIpc) is 2.47. The number of halogens is 1.